The van der Waals surface area contributed by atoms with E-state index in [4.69, 9.17) is 0 Å². The second-order valence-corrected chi connectivity index (χ2v) is 5.23. The first-order chi connectivity index (χ1) is 7.18. The molecule has 0 aliphatic heterocycles. The molecule has 1 aromatic rings. The van der Waals surface area contributed by atoms with Crippen LogP contribution in [0, 0.1) is 0 Å². The van der Waals surface area contributed by atoms with Crippen LogP contribution in [0.5, 0.6) is 0 Å². The summed E-state index contributed by atoms with van der Waals surface area (Å²) in [5.74, 6) is 0. The summed E-state index contributed by atoms with van der Waals surface area (Å²) >= 11 is 0. The lowest BCUT2D eigenvalue weighted by Crippen LogP contribution is -2.26. The summed E-state index contributed by atoms with van der Waals surface area (Å²) in [6.07, 6.45) is 3.98. The first-order valence-electron chi connectivity index (χ1n) is 5.97. The van der Waals surface area contributed by atoms with Gasteiger partial charge in [-0.2, -0.15) is 0 Å². The molecule has 1 aliphatic carbocycles. The van der Waals surface area contributed by atoms with Crippen LogP contribution in [-0.2, 0) is 5.41 Å². The Labute approximate surface area is 92.9 Å². The van der Waals surface area contributed by atoms with Gasteiger partial charge in [0.05, 0.1) is 0 Å². The molecule has 1 nitrogen and oxygen atoms in total. The third-order valence-electron chi connectivity index (χ3n) is 3.32. The summed E-state index contributed by atoms with van der Waals surface area (Å²) in [6, 6.07) is 11.6. The highest BCUT2D eigenvalue weighted by atomic mass is 14.9. The van der Waals surface area contributed by atoms with Gasteiger partial charge in [-0.3, -0.25) is 0 Å². The summed E-state index contributed by atoms with van der Waals surface area (Å²) in [5, 5.41) is 3.58. The Morgan fingerprint density at radius 3 is 2.47 bits per heavy atom. The zero-order valence-corrected chi connectivity index (χ0v) is 9.79. The molecule has 0 atom stereocenters. The zero-order chi connectivity index (χ0) is 10.7. The quantitative estimate of drug-likeness (QED) is 0.775. The maximum absolute atomic E-state index is 3.58. The molecule has 0 aromatic heterocycles. The maximum Gasteiger partial charge on any atom is 0.00682 e. The first-order valence-corrected chi connectivity index (χ1v) is 5.97. The van der Waals surface area contributed by atoms with Crippen molar-refractivity contribution < 1.29 is 0 Å². The predicted molar refractivity (Wildman–Crippen MR) is 65.1 cm³/mol. The maximum atomic E-state index is 3.58. The van der Waals surface area contributed by atoms with E-state index < -0.39 is 0 Å². The van der Waals surface area contributed by atoms with Gasteiger partial charge in [0.15, 0.2) is 0 Å². The van der Waals surface area contributed by atoms with Gasteiger partial charge in [0.1, 0.15) is 0 Å². The molecular weight excluding hydrogens is 182 g/mol. The van der Waals surface area contributed by atoms with Crippen molar-refractivity contribution in [3.63, 3.8) is 0 Å². The van der Waals surface area contributed by atoms with Crippen LogP contribution in [0.1, 0.15) is 38.7 Å². The van der Waals surface area contributed by atoms with Crippen LogP contribution in [0.4, 0.5) is 0 Å². The van der Waals surface area contributed by atoms with Gasteiger partial charge >= 0.3 is 0 Å². The van der Waals surface area contributed by atoms with Crippen molar-refractivity contribution in [3.05, 3.63) is 35.9 Å². The number of rotatable bonds is 5. The molecule has 0 unspecified atom stereocenters. The van der Waals surface area contributed by atoms with Crippen molar-refractivity contribution in [2.24, 2.45) is 0 Å². The van der Waals surface area contributed by atoms with Gasteiger partial charge < -0.3 is 5.32 Å². The Bertz CT molecular complexity index is 298. The number of benzene rings is 1. The molecular formula is C14H21N. The van der Waals surface area contributed by atoms with Gasteiger partial charge in [-0.1, -0.05) is 44.2 Å². The van der Waals surface area contributed by atoms with Gasteiger partial charge in [-0.05, 0) is 36.8 Å². The lowest BCUT2D eigenvalue weighted by atomic mass is 9.81. The molecule has 82 valence electrons. The molecule has 0 bridgehead atoms. The standard InChI is InChI=1S/C14H21N/c1-14(2,10-11-15-13-8-9-13)12-6-4-3-5-7-12/h3-7,13,15H,8-11H2,1-2H3. The fraction of sp³-hybridized carbons (Fsp3) is 0.571. The summed E-state index contributed by atoms with van der Waals surface area (Å²) in [7, 11) is 0. The molecule has 1 aliphatic rings. The molecule has 0 heterocycles. The van der Waals surface area contributed by atoms with Crippen molar-refractivity contribution >= 4 is 0 Å². The topological polar surface area (TPSA) is 12.0 Å². The van der Waals surface area contributed by atoms with Crippen molar-refractivity contribution in [2.45, 2.75) is 44.6 Å². The molecule has 1 saturated carbocycles. The van der Waals surface area contributed by atoms with E-state index in [0.717, 1.165) is 12.6 Å². The minimum absolute atomic E-state index is 0.295. The van der Waals surface area contributed by atoms with E-state index in [1.165, 1.54) is 24.8 Å². The van der Waals surface area contributed by atoms with Gasteiger partial charge in [0.25, 0.3) is 0 Å². The normalized spacial score (nSPS) is 16.7. The predicted octanol–water partition coefficient (Wildman–Crippen LogP) is 3.11. The summed E-state index contributed by atoms with van der Waals surface area (Å²) in [4.78, 5) is 0. The lowest BCUT2D eigenvalue weighted by molar-refractivity contribution is 0.456. The van der Waals surface area contributed by atoms with Crippen LogP contribution in [0.3, 0.4) is 0 Å². The van der Waals surface area contributed by atoms with Crippen molar-refractivity contribution in [1.29, 1.82) is 0 Å². The minimum atomic E-state index is 0.295. The monoisotopic (exact) mass is 203 g/mol. The summed E-state index contributed by atoms with van der Waals surface area (Å²) in [5.41, 5.74) is 1.74. The van der Waals surface area contributed by atoms with Crippen molar-refractivity contribution in [3.8, 4) is 0 Å². The van der Waals surface area contributed by atoms with Crippen LogP contribution in [0.2, 0.25) is 0 Å². The van der Waals surface area contributed by atoms with E-state index in [0.29, 0.717) is 5.41 Å². The van der Waals surface area contributed by atoms with E-state index in [1.807, 2.05) is 0 Å². The van der Waals surface area contributed by atoms with Crippen molar-refractivity contribution in [1.82, 2.24) is 5.32 Å². The highest BCUT2D eigenvalue weighted by molar-refractivity contribution is 5.23. The van der Waals surface area contributed by atoms with Crippen LogP contribution in [-0.4, -0.2) is 12.6 Å². The molecule has 0 amide bonds. The second-order valence-electron chi connectivity index (χ2n) is 5.23. The van der Waals surface area contributed by atoms with Gasteiger partial charge in [-0.25, -0.2) is 0 Å². The fourth-order valence-corrected chi connectivity index (χ4v) is 1.91. The second kappa shape index (κ2) is 4.36. The molecule has 1 heteroatoms. The van der Waals surface area contributed by atoms with Crippen LogP contribution in [0.25, 0.3) is 0 Å². The van der Waals surface area contributed by atoms with Crippen molar-refractivity contribution in [2.75, 3.05) is 6.54 Å². The summed E-state index contributed by atoms with van der Waals surface area (Å²) in [6.45, 7) is 5.81. The summed E-state index contributed by atoms with van der Waals surface area (Å²) < 4.78 is 0. The van der Waals surface area contributed by atoms with Gasteiger partial charge in [-0.15, -0.1) is 0 Å². The Balaban J connectivity index is 1.87. The molecule has 0 saturated heterocycles. The Kier molecular flexibility index (Phi) is 3.11. The molecule has 1 fully saturated rings. The molecule has 0 spiro atoms. The molecule has 0 radical (unpaired) electrons. The molecule has 1 N–H and O–H groups in total. The van der Waals surface area contributed by atoms with E-state index in [9.17, 15) is 0 Å². The zero-order valence-electron chi connectivity index (χ0n) is 9.79. The van der Waals surface area contributed by atoms with E-state index in [-0.39, 0.29) is 0 Å². The fourth-order valence-electron chi connectivity index (χ4n) is 1.91. The third kappa shape index (κ3) is 3.07. The van der Waals surface area contributed by atoms with Gasteiger partial charge in [0.2, 0.25) is 0 Å². The number of nitrogens with one attached hydrogen (secondary N) is 1. The van der Waals surface area contributed by atoms with E-state index in [1.54, 1.807) is 0 Å². The average molecular weight is 203 g/mol. The Morgan fingerprint density at radius 1 is 1.20 bits per heavy atom. The SMILES string of the molecule is CC(C)(CCNC1CC1)c1ccccc1. The Morgan fingerprint density at radius 2 is 1.87 bits per heavy atom. The number of hydrogen-bond donors (Lipinski definition) is 1. The Hall–Kier alpha value is -0.820. The lowest BCUT2D eigenvalue weighted by Gasteiger charge is -2.25. The average Bonchev–Trinajstić information content (AvgIpc) is 3.03. The van der Waals surface area contributed by atoms with Crippen LogP contribution >= 0.6 is 0 Å². The molecule has 15 heavy (non-hydrogen) atoms. The smallest absolute Gasteiger partial charge is 0.00682 e. The van der Waals surface area contributed by atoms with Gasteiger partial charge in [0, 0.05) is 6.04 Å². The molecule has 1 aromatic carbocycles. The van der Waals surface area contributed by atoms with E-state index >= 15 is 0 Å². The van der Waals surface area contributed by atoms with E-state index in [2.05, 4.69) is 49.5 Å². The van der Waals surface area contributed by atoms with Crippen LogP contribution in [0.15, 0.2) is 30.3 Å². The van der Waals surface area contributed by atoms with Crippen LogP contribution < -0.4 is 5.32 Å². The highest BCUT2D eigenvalue weighted by Crippen LogP contribution is 2.27. The minimum Gasteiger partial charge on any atom is -0.314 e. The highest BCUT2D eigenvalue weighted by Gasteiger charge is 2.23. The first kappa shape index (κ1) is 10.7. The number of hydrogen-bond acceptors (Lipinski definition) is 1. The molecule has 2 rings (SSSR count). The largest absolute Gasteiger partial charge is 0.314 e. The third-order valence-corrected chi connectivity index (χ3v) is 3.32.